The van der Waals surface area contributed by atoms with Crippen molar-refractivity contribution in [3.05, 3.63) is 40.7 Å². The molecule has 142 valence electrons. The lowest BCUT2D eigenvalue weighted by atomic mass is 9.92. The third kappa shape index (κ3) is 4.28. The zero-order chi connectivity index (χ0) is 18.0. The van der Waals surface area contributed by atoms with Crippen molar-refractivity contribution < 1.29 is 14.0 Å². The highest BCUT2D eigenvalue weighted by atomic mass is 35.5. The quantitative estimate of drug-likeness (QED) is 0.825. The van der Waals surface area contributed by atoms with E-state index in [0.29, 0.717) is 22.3 Å². The molecule has 3 N–H and O–H groups in total. The first-order chi connectivity index (χ1) is 12.0. The minimum atomic E-state index is -0.322. The summed E-state index contributed by atoms with van der Waals surface area (Å²) < 4.78 is 5.09. The van der Waals surface area contributed by atoms with Crippen LogP contribution in [-0.4, -0.2) is 35.8 Å². The molecule has 2 aromatic heterocycles. The number of furan rings is 1. The number of aryl methyl sites for hydroxylation is 1. The molecule has 2 unspecified atom stereocenters. The number of piperidine rings is 1. The van der Waals surface area contributed by atoms with Gasteiger partial charge in [0.15, 0.2) is 5.76 Å². The summed E-state index contributed by atoms with van der Waals surface area (Å²) in [5.41, 5.74) is 6.74. The van der Waals surface area contributed by atoms with Gasteiger partial charge < -0.3 is 20.4 Å². The number of likely N-dealkylation sites (tertiary alicyclic amines) is 1. The molecule has 2 aromatic rings. The molecule has 0 spiro atoms. The van der Waals surface area contributed by atoms with Crippen molar-refractivity contribution in [2.24, 2.45) is 11.7 Å². The molecule has 1 saturated heterocycles. The number of anilines is 1. The fourth-order valence-corrected chi connectivity index (χ4v) is 4.23. The summed E-state index contributed by atoms with van der Waals surface area (Å²) in [6.07, 6.45) is 3.39. The molecule has 2 amide bonds. The average Bonchev–Trinajstić information content (AvgIpc) is 3.24. The van der Waals surface area contributed by atoms with E-state index in [4.69, 9.17) is 10.2 Å². The lowest BCUT2D eigenvalue weighted by molar-refractivity contribution is 0.0578. The van der Waals surface area contributed by atoms with E-state index in [-0.39, 0.29) is 36.0 Å². The summed E-state index contributed by atoms with van der Waals surface area (Å²) in [6.45, 7) is 5.29. The molecule has 3 rings (SSSR count). The Morgan fingerprint density at radius 1 is 1.46 bits per heavy atom. The Morgan fingerprint density at radius 2 is 2.23 bits per heavy atom. The van der Waals surface area contributed by atoms with Crippen LogP contribution in [-0.2, 0) is 0 Å². The van der Waals surface area contributed by atoms with E-state index in [2.05, 4.69) is 12.2 Å². The van der Waals surface area contributed by atoms with E-state index in [1.54, 1.807) is 12.1 Å². The summed E-state index contributed by atoms with van der Waals surface area (Å²) in [7, 11) is 0. The van der Waals surface area contributed by atoms with Gasteiger partial charge in [-0.2, -0.15) is 0 Å². The second kappa shape index (κ2) is 8.70. The van der Waals surface area contributed by atoms with Crippen molar-refractivity contribution in [2.45, 2.75) is 32.7 Å². The number of rotatable bonds is 4. The lowest BCUT2D eigenvalue weighted by Crippen LogP contribution is -2.49. The largest absolute Gasteiger partial charge is 0.459 e. The number of nitrogens with zero attached hydrogens (tertiary/aromatic N) is 1. The second-order valence-corrected chi connectivity index (χ2v) is 7.62. The van der Waals surface area contributed by atoms with Gasteiger partial charge in [0.05, 0.1) is 16.1 Å². The number of amides is 2. The van der Waals surface area contributed by atoms with Crippen LogP contribution < -0.4 is 11.1 Å². The maximum atomic E-state index is 13.0. The number of thiophene rings is 1. The number of nitrogens with two attached hydrogens (primary N) is 1. The Kier molecular flexibility index (Phi) is 6.86. The fraction of sp³-hybridized carbons (Fsp3) is 0.444. The van der Waals surface area contributed by atoms with Crippen LogP contribution in [0.2, 0.25) is 0 Å². The second-order valence-electron chi connectivity index (χ2n) is 6.57. The molecule has 1 aliphatic heterocycles. The predicted octanol–water partition coefficient (Wildman–Crippen LogP) is 3.52. The fourth-order valence-electron chi connectivity index (χ4n) is 3.21. The van der Waals surface area contributed by atoms with Gasteiger partial charge in [-0.15, -0.1) is 23.7 Å². The predicted molar refractivity (Wildman–Crippen MR) is 105 cm³/mol. The highest BCUT2D eigenvalue weighted by Crippen LogP contribution is 2.31. The minimum absolute atomic E-state index is 0. The summed E-state index contributed by atoms with van der Waals surface area (Å²) >= 11 is 1.29. The Hall–Kier alpha value is -1.83. The molecular weight excluding hydrogens is 374 g/mol. The zero-order valence-corrected chi connectivity index (χ0v) is 16.5. The van der Waals surface area contributed by atoms with Gasteiger partial charge in [-0.05, 0) is 49.4 Å². The van der Waals surface area contributed by atoms with Gasteiger partial charge >= 0.3 is 0 Å². The number of carbonyl (C=O) groups is 2. The van der Waals surface area contributed by atoms with Crippen LogP contribution in [0, 0.1) is 12.8 Å². The van der Waals surface area contributed by atoms with Crippen LogP contribution in [0.25, 0.3) is 0 Å². The SMILES string of the molecule is Cc1cc(NC(=O)c2ccco2)sc1C(=O)N1CCC(C)CC1CN.Cl. The first-order valence-electron chi connectivity index (χ1n) is 8.46. The molecule has 6 nitrogen and oxygen atoms in total. The van der Waals surface area contributed by atoms with E-state index in [1.807, 2.05) is 17.9 Å². The van der Waals surface area contributed by atoms with Crippen molar-refractivity contribution in [3.63, 3.8) is 0 Å². The first kappa shape index (κ1) is 20.5. The van der Waals surface area contributed by atoms with Crippen molar-refractivity contribution >= 4 is 40.6 Å². The van der Waals surface area contributed by atoms with Gasteiger partial charge in [-0.3, -0.25) is 9.59 Å². The van der Waals surface area contributed by atoms with Crippen LogP contribution in [0.3, 0.4) is 0 Å². The minimum Gasteiger partial charge on any atom is -0.459 e. The summed E-state index contributed by atoms with van der Waals surface area (Å²) in [5.74, 6) is 0.512. The highest BCUT2D eigenvalue weighted by Gasteiger charge is 2.31. The van der Waals surface area contributed by atoms with E-state index < -0.39 is 0 Å². The van der Waals surface area contributed by atoms with E-state index in [1.165, 1.54) is 17.6 Å². The summed E-state index contributed by atoms with van der Waals surface area (Å²) in [6, 6.07) is 5.16. The number of carbonyl (C=O) groups excluding carboxylic acids is 2. The highest BCUT2D eigenvalue weighted by molar-refractivity contribution is 7.18. The topological polar surface area (TPSA) is 88.6 Å². The van der Waals surface area contributed by atoms with Crippen LogP contribution in [0.4, 0.5) is 5.00 Å². The van der Waals surface area contributed by atoms with E-state index in [9.17, 15) is 9.59 Å². The molecule has 0 aromatic carbocycles. The first-order valence-corrected chi connectivity index (χ1v) is 9.27. The Labute approximate surface area is 163 Å². The number of nitrogens with one attached hydrogen (secondary N) is 1. The Balaban J connectivity index is 0.00000243. The lowest BCUT2D eigenvalue weighted by Gasteiger charge is -2.37. The number of halogens is 1. The molecule has 0 bridgehead atoms. The van der Waals surface area contributed by atoms with Gasteiger partial charge in [0.2, 0.25) is 0 Å². The molecule has 8 heteroatoms. The van der Waals surface area contributed by atoms with Crippen molar-refractivity contribution in [3.8, 4) is 0 Å². The van der Waals surface area contributed by atoms with Crippen molar-refractivity contribution in [1.29, 1.82) is 0 Å². The van der Waals surface area contributed by atoms with Crippen molar-refractivity contribution in [1.82, 2.24) is 4.90 Å². The van der Waals surface area contributed by atoms with Gasteiger partial charge in [0.1, 0.15) is 0 Å². The van der Waals surface area contributed by atoms with Crippen LogP contribution in [0.15, 0.2) is 28.9 Å². The molecule has 1 fully saturated rings. The van der Waals surface area contributed by atoms with Gasteiger partial charge in [0, 0.05) is 19.1 Å². The van der Waals surface area contributed by atoms with Crippen LogP contribution in [0.5, 0.6) is 0 Å². The smallest absolute Gasteiger partial charge is 0.291 e. The molecule has 3 heterocycles. The average molecular weight is 398 g/mol. The monoisotopic (exact) mass is 397 g/mol. The van der Waals surface area contributed by atoms with Gasteiger partial charge in [0.25, 0.3) is 11.8 Å². The molecular formula is C18H24ClN3O3S. The summed E-state index contributed by atoms with van der Waals surface area (Å²) in [4.78, 5) is 27.6. The van der Waals surface area contributed by atoms with Gasteiger partial charge in [-0.25, -0.2) is 0 Å². The molecule has 0 aliphatic carbocycles. The maximum Gasteiger partial charge on any atom is 0.291 e. The van der Waals surface area contributed by atoms with Crippen LogP contribution >= 0.6 is 23.7 Å². The molecule has 1 aliphatic rings. The zero-order valence-electron chi connectivity index (χ0n) is 14.9. The third-order valence-corrected chi connectivity index (χ3v) is 5.75. The molecule has 0 saturated carbocycles. The summed E-state index contributed by atoms with van der Waals surface area (Å²) in [5, 5.41) is 3.42. The number of hydrogen-bond donors (Lipinski definition) is 2. The molecule has 2 atom stereocenters. The maximum absolute atomic E-state index is 13.0. The Morgan fingerprint density at radius 3 is 2.88 bits per heavy atom. The van der Waals surface area contributed by atoms with E-state index in [0.717, 1.165) is 24.9 Å². The van der Waals surface area contributed by atoms with Crippen LogP contribution in [0.1, 0.15) is 45.6 Å². The van der Waals surface area contributed by atoms with E-state index >= 15 is 0 Å². The third-order valence-electron chi connectivity index (χ3n) is 4.60. The normalized spacial score (nSPS) is 19.7. The molecule has 0 radical (unpaired) electrons. The van der Waals surface area contributed by atoms with Crippen molar-refractivity contribution in [2.75, 3.05) is 18.4 Å². The number of hydrogen-bond acceptors (Lipinski definition) is 5. The standard InChI is InChI=1S/C18H23N3O3S.ClH/c1-11-5-6-21(13(8-11)10-19)18(23)16-12(2)9-15(25-16)20-17(22)14-4-3-7-24-14;/h3-4,7,9,11,13H,5-6,8,10,19H2,1-2H3,(H,20,22);1H. The molecule has 26 heavy (non-hydrogen) atoms. The Bertz CT molecular complexity index is 760. The van der Waals surface area contributed by atoms with Gasteiger partial charge in [-0.1, -0.05) is 6.92 Å².